The highest BCUT2D eigenvalue weighted by Gasteiger charge is 2.44. The van der Waals surface area contributed by atoms with Crippen molar-refractivity contribution in [3.63, 3.8) is 0 Å². The van der Waals surface area contributed by atoms with Crippen LogP contribution in [-0.2, 0) is 9.53 Å². The summed E-state index contributed by atoms with van der Waals surface area (Å²) in [7, 11) is 0. The minimum absolute atomic E-state index is 0.0448. The standard InChI is InChI=1S/C14H21N7O5S/c15-5(13(24)25)1-2-27-3-6-8(22)9(23)12(26-6)21-4-18-7-10(16)19-14(17)20-11(7)21/h4-6,8-9,12,22-23H,1-3,15H2,(H,24,25)(H4,16,17,19,20)/t5-,6+,8+,9+,12+/m0/s1. The molecule has 0 bridgehead atoms. The minimum Gasteiger partial charge on any atom is -0.480 e. The summed E-state index contributed by atoms with van der Waals surface area (Å²) in [5.74, 6) is -0.166. The zero-order chi connectivity index (χ0) is 19.7. The fourth-order valence-electron chi connectivity index (χ4n) is 2.77. The van der Waals surface area contributed by atoms with Crippen LogP contribution in [0, 0.1) is 0 Å². The predicted octanol–water partition coefficient (Wildman–Crippen LogP) is -1.85. The number of nitrogens with zero attached hydrogens (tertiary/aromatic N) is 4. The molecule has 3 heterocycles. The molecule has 0 aromatic carbocycles. The van der Waals surface area contributed by atoms with Gasteiger partial charge in [-0.3, -0.25) is 9.36 Å². The van der Waals surface area contributed by atoms with Crippen LogP contribution in [0.2, 0.25) is 0 Å². The largest absolute Gasteiger partial charge is 0.480 e. The van der Waals surface area contributed by atoms with Gasteiger partial charge < -0.3 is 37.3 Å². The van der Waals surface area contributed by atoms with Crippen molar-refractivity contribution < 1.29 is 24.9 Å². The molecule has 5 atom stereocenters. The molecule has 148 valence electrons. The van der Waals surface area contributed by atoms with Crippen LogP contribution in [0.4, 0.5) is 11.8 Å². The lowest BCUT2D eigenvalue weighted by molar-refractivity contribution is -0.138. The van der Waals surface area contributed by atoms with Crippen molar-refractivity contribution in [2.24, 2.45) is 5.73 Å². The van der Waals surface area contributed by atoms with E-state index in [-0.39, 0.29) is 23.8 Å². The minimum atomic E-state index is -1.22. The third kappa shape index (κ3) is 3.91. The lowest BCUT2D eigenvalue weighted by Crippen LogP contribution is -2.33. The Labute approximate surface area is 157 Å². The maximum absolute atomic E-state index is 10.7. The number of aliphatic hydroxyl groups is 2. The van der Waals surface area contributed by atoms with Gasteiger partial charge in [-0.15, -0.1) is 0 Å². The van der Waals surface area contributed by atoms with E-state index >= 15 is 0 Å². The maximum Gasteiger partial charge on any atom is 0.320 e. The van der Waals surface area contributed by atoms with Gasteiger partial charge in [0.2, 0.25) is 5.95 Å². The number of aliphatic hydroxyl groups excluding tert-OH is 2. The Morgan fingerprint density at radius 1 is 1.33 bits per heavy atom. The molecule has 0 saturated carbocycles. The number of carbonyl (C=O) groups is 1. The van der Waals surface area contributed by atoms with E-state index in [0.717, 1.165) is 0 Å². The number of nitrogens with two attached hydrogens (primary N) is 3. The first-order valence-corrected chi connectivity index (χ1v) is 9.28. The Balaban J connectivity index is 1.68. The number of imidazole rings is 1. The van der Waals surface area contributed by atoms with E-state index in [9.17, 15) is 15.0 Å². The fourth-order valence-corrected chi connectivity index (χ4v) is 3.87. The molecule has 2 aromatic rings. The molecule has 1 saturated heterocycles. The Morgan fingerprint density at radius 2 is 2.07 bits per heavy atom. The van der Waals surface area contributed by atoms with Crippen LogP contribution in [0.15, 0.2) is 6.33 Å². The van der Waals surface area contributed by atoms with Crippen molar-refractivity contribution in [3.8, 4) is 0 Å². The van der Waals surface area contributed by atoms with Crippen molar-refractivity contribution in [1.29, 1.82) is 0 Å². The van der Waals surface area contributed by atoms with E-state index < -0.39 is 36.6 Å². The lowest BCUT2D eigenvalue weighted by atomic mass is 10.1. The normalized spacial score (nSPS) is 26.5. The number of hydrogen-bond donors (Lipinski definition) is 6. The van der Waals surface area contributed by atoms with Crippen LogP contribution in [0.25, 0.3) is 11.2 Å². The zero-order valence-corrected chi connectivity index (χ0v) is 15.0. The molecule has 1 fully saturated rings. The first kappa shape index (κ1) is 19.6. The zero-order valence-electron chi connectivity index (χ0n) is 14.2. The molecule has 2 aromatic heterocycles. The van der Waals surface area contributed by atoms with E-state index in [1.165, 1.54) is 22.7 Å². The molecule has 0 amide bonds. The number of anilines is 2. The van der Waals surface area contributed by atoms with Crippen molar-refractivity contribution >= 4 is 40.7 Å². The summed E-state index contributed by atoms with van der Waals surface area (Å²) >= 11 is 1.38. The molecule has 0 spiro atoms. The van der Waals surface area contributed by atoms with E-state index in [1.54, 1.807) is 0 Å². The second-order valence-corrected chi connectivity index (χ2v) is 7.30. The van der Waals surface area contributed by atoms with Crippen LogP contribution >= 0.6 is 11.8 Å². The maximum atomic E-state index is 10.7. The number of thioether (sulfide) groups is 1. The molecule has 1 aliphatic rings. The monoisotopic (exact) mass is 399 g/mol. The molecule has 27 heavy (non-hydrogen) atoms. The molecule has 0 aliphatic carbocycles. The third-order valence-corrected chi connectivity index (χ3v) is 5.34. The molecule has 1 aliphatic heterocycles. The Hall–Kier alpha value is -2.19. The van der Waals surface area contributed by atoms with Gasteiger partial charge in [-0.25, -0.2) is 4.98 Å². The average Bonchev–Trinajstić information content (AvgIpc) is 3.14. The topological polar surface area (TPSA) is 209 Å². The predicted molar refractivity (Wildman–Crippen MR) is 97.6 cm³/mol. The second-order valence-electron chi connectivity index (χ2n) is 6.15. The fraction of sp³-hybridized carbons (Fsp3) is 0.571. The van der Waals surface area contributed by atoms with Crippen LogP contribution in [0.5, 0.6) is 0 Å². The number of rotatable bonds is 7. The van der Waals surface area contributed by atoms with Gasteiger partial charge in [-0.2, -0.15) is 21.7 Å². The first-order valence-electron chi connectivity index (χ1n) is 8.12. The summed E-state index contributed by atoms with van der Waals surface area (Å²) in [5, 5.41) is 29.4. The second kappa shape index (κ2) is 7.82. The third-order valence-electron chi connectivity index (χ3n) is 4.25. The molecule has 13 heteroatoms. The number of aliphatic carboxylic acids is 1. The number of ether oxygens (including phenoxy) is 1. The van der Waals surface area contributed by atoms with Crippen LogP contribution in [-0.4, -0.2) is 76.7 Å². The van der Waals surface area contributed by atoms with Gasteiger partial charge in [-0.05, 0) is 12.2 Å². The van der Waals surface area contributed by atoms with E-state index in [4.69, 9.17) is 27.0 Å². The van der Waals surface area contributed by atoms with Gasteiger partial charge >= 0.3 is 5.97 Å². The van der Waals surface area contributed by atoms with E-state index in [0.29, 0.717) is 17.0 Å². The Bertz CT molecular complexity index is 834. The molecule has 3 rings (SSSR count). The smallest absolute Gasteiger partial charge is 0.320 e. The number of nitrogen functional groups attached to an aromatic ring is 2. The summed E-state index contributed by atoms with van der Waals surface area (Å²) in [6.45, 7) is 0. The van der Waals surface area contributed by atoms with Crippen LogP contribution in [0.1, 0.15) is 12.6 Å². The highest BCUT2D eigenvalue weighted by molar-refractivity contribution is 7.99. The Kier molecular flexibility index (Phi) is 5.67. The first-order chi connectivity index (χ1) is 12.8. The van der Waals surface area contributed by atoms with Gasteiger partial charge in [0.15, 0.2) is 17.7 Å². The van der Waals surface area contributed by atoms with Crippen molar-refractivity contribution in [1.82, 2.24) is 19.5 Å². The Morgan fingerprint density at radius 3 is 2.78 bits per heavy atom. The summed E-state index contributed by atoms with van der Waals surface area (Å²) in [5.41, 5.74) is 17.4. The van der Waals surface area contributed by atoms with Crippen LogP contribution in [0.3, 0.4) is 0 Å². The highest BCUT2D eigenvalue weighted by Crippen LogP contribution is 2.33. The van der Waals surface area contributed by atoms with Crippen molar-refractivity contribution in [2.45, 2.75) is 37.0 Å². The van der Waals surface area contributed by atoms with Gasteiger partial charge in [0.05, 0.1) is 12.4 Å². The van der Waals surface area contributed by atoms with Gasteiger partial charge in [0.1, 0.15) is 23.8 Å². The molecule has 0 unspecified atom stereocenters. The summed E-state index contributed by atoms with van der Waals surface area (Å²) in [6.07, 6.45) is -2.26. The quantitative estimate of drug-likeness (QED) is 0.283. The molecular formula is C14H21N7O5S. The van der Waals surface area contributed by atoms with Crippen LogP contribution < -0.4 is 17.2 Å². The molecule has 0 radical (unpaired) electrons. The average molecular weight is 399 g/mol. The van der Waals surface area contributed by atoms with Gasteiger partial charge in [-0.1, -0.05) is 0 Å². The van der Waals surface area contributed by atoms with Crippen molar-refractivity contribution in [3.05, 3.63) is 6.33 Å². The highest BCUT2D eigenvalue weighted by atomic mass is 32.2. The molecule has 12 nitrogen and oxygen atoms in total. The summed E-state index contributed by atoms with van der Waals surface area (Å²) in [4.78, 5) is 22.7. The molecular weight excluding hydrogens is 378 g/mol. The number of carboxylic acids is 1. The van der Waals surface area contributed by atoms with Gasteiger partial charge in [0, 0.05) is 5.75 Å². The molecule has 9 N–H and O–H groups in total. The number of aromatic nitrogens is 4. The van der Waals surface area contributed by atoms with Gasteiger partial charge in [0.25, 0.3) is 0 Å². The summed E-state index contributed by atoms with van der Waals surface area (Å²) in [6, 6.07) is -0.932. The van der Waals surface area contributed by atoms with E-state index in [1.807, 2.05) is 0 Å². The number of carboxylic acid groups (broad SMARTS) is 1. The summed E-state index contributed by atoms with van der Waals surface area (Å²) < 4.78 is 7.23. The van der Waals surface area contributed by atoms with E-state index in [2.05, 4.69) is 15.0 Å². The SMILES string of the molecule is Nc1nc(N)c2ncn([C@@H]3O[C@H](CSCC[C@H](N)C(=O)O)[C@@H](O)[C@H]3O)c2n1. The number of hydrogen-bond acceptors (Lipinski definition) is 11. The van der Waals surface area contributed by atoms with Crippen molar-refractivity contribution in [2.75, 3.05) is 23.0 Å². The number of fused-ring (bicyclic) bond motifs is 1. The lowest BCUT2D eigenvalue weighted by Gasteiger charge is -2.16.